The molecular formula is C29H38N4O4S. The van der Waals surface area contributed by atoms with E-state index in [1.165, 1.54) is 25.3 Å². The van der Waals surface area contributed by atoms with Crippen LogP contribution in [-0.2, 0) is 16.4 Å². The minimum Gasteiger partial charge on any atom is -0.337 e. The van der Waals surface area contributed by atoms with E-state index in [0.717, 1.165) is 24.8 Å². The van der Waals surface area contributed by atoms with Gasteiger partial charge in [0, 0.05) is 17.8 Å². The molecule has 38 heavy (non-hydrogen) atoms. The standard InChI is InChI=1S/C29H38N4O4S/c1-20-6-4-5-7-24(20)38(36,37)33-25(34)30-13-12-21-8-10-23(11-9-21)31-26(35)32-29-16-22-14-27(2,18-29)17-28(3,15-22)19-29/h4-11,22H,12-19H2,1-3H3,(H2,30,33,34)(H2,31,32,35)/t22?,27-,28-,29?/m1/s1. The maximum atomic E-state index is 12.9. The Hall–Kier alpha value is -3.07. The van der Waals surface area contributed by atoms with Gasteiger partial charge in [0.2, 0.25) is 0 Å². The summed E-state index contributed by atoms with van der Waals surface area (Å²) in [7, 11) is -3.93. The Balaban J connectivity index is 1.09. The molecule has 0 unspecified atom stereocenters. The van der Waals surface area contributed by atoms with E-state index in [1.54, 1.807) is 25.1 Å². The molecule has 4 aliphatic carbocycles. The van der Waals surface area contributed by atoms with E-state index in [2.05, 4.69) is 34.5 Å². The molecule has 4 fully saturated rings. The van der Waals surface area contributed by atoms with Crippen molar-refractivity contribution in [2.24, 2.45) is 16.7 Å². The third-order valence-corrected chi connectivity index (χ3v) is 10.0. The van der Waals surface area contributed by atoms with Crippen LogP contribution in [0.3, 0.4) is 0 Å². The molecule has 0 spiro atoms. The summed E-state index contributed by atoms with van der Waals surface area (Å²) in [5.41, 5.74) is 2.79. The zero-order valence-corrected chi connectivity index (χ0v) is 23.2. The quantitative estimate of drug-likeness (QED) is 0.393. The van der Waals surface area contributed by atoms with Crippen molar-refractivity contribution < 1.29 is 18.0 Å². The summed E-state index contributed by atoms with van der Waals surface area (Å²) in [4.78, 5) is 25.2. The van der Waals surface area contributed by atoms with Gasteiger partial charge >= 0.3 is 12.1 Å². The molecule has 2 aromatic carbocycles. The molecule has 4 amide bonds. The van der Waals surface area contributed by atoms with Crippen molar-refractivity contribution in [2.75, 3.05) is 11.9 Å². The van der Waals surface area contributed by atoms with E-state index in [0.29, 0.717) is 34.4 Å². The highest BCUT2D eigenvalue weighted by atomic mass is 32.2. The second-order valence-electron chi connectivity index (χ2n) is 12.6. The molecular weight excluding hydrogens is 500 g/mol. The van der Waals surface area contributed by atoms with Crippen LogP contribution in [0, 0.1) is 23.7 Å². The molecule has 2 aromatic rings. The molecule has 0 saturated heterocycles. The topological polar surface area (TPSA) is 116 Å². The lowest BCUT2D eigenvalue weighted by atomic mass is 9.43. The van der Waals surface area contributed by atoms with Crippen molar-refractivity contribution in [1.29, 1.82) is 0 Å². The minimum atomic E-state index is -3.93. The van der Waals surface area contributed by atoms with Gasteiger partial charge in [0.1, 0.15) is 0 Å². The third-order valence-electron chi connectivity index (χ3n) is 8.53. The minimum absolute atomic E-state index is 0.0777. The number of sulfonamides is 1. The van der Waals surface area contributed by atoms with E-state index in [-0.39, 0.29) is 23.0 Å². The molecule has 204 valence electrons. The lowest BCUT2D eigenvalue weighted by molar-refractivity contribution is -0.113. The van der Waals surface area contributed by atoms with Crippen LogP contribution < -0.4 is 20.7 Å². The smallest absolute Gasteiger partial charge is 0.328 e. The van der Waals surface area contributed by atoms with Gasteiger partial charge in [-0.2, -0.15) is 0 Å². The zero-order chi connectivity index (χ0) is 27.2. The largest absolute Gasteiger partial charge is 0.337 e. The molecule has 0 aromatic heterocycles. The van der Waals surface area contributed by atoms with Crippen LogP contribution in [-0.4, -0.2) is 32.6 Å². The van der Waals surface area contributed by atoms with Crippen LogP contribution in [0.2, 0.25) is 0 Å². The van der Waals surface area contributed by atoms with Gasteiger partial charge in [-0.15, -0.1) is 0 Å². The lowest BCUT2D eigenvalue weighted by Gasteiger charge is -2.65. The monoisotopic (exact) mass is 538 g/mol. The maximum Gasteiger partial charge on any atom is 0.328 e. The summed E-state index contributed by atoms with van der Waals surface area (Å²) >= 11 is 0. The van der Waals surface area contributed by atoms with Gasteiger partial charge in [-0.05, 0) is 97.9 Å². The molecule has 2 atom stereocenters. The van der Waals surface area contributed by atoms with Gasteiger partial charge < -0.3 is 16.0 Å². The number of amides is 4. The predicted octanol–water partition coefficient (Wildman–Crippen LogP) is 5.10. The summed E-state index contributed by atoms with van der Waals surface area (Å²) < 4.78 is 26.9. The Morgan fingerprint density at radius 1 is 0.895 bits per heavy atom. The Kier molecular flexibility index (Phi) is 6.70. The first-order valence-electron chi connectivity index (χ1n) is 13.4. The number of aryl methyl sites for hydroxylation is 1. The van der Waals surface area contributed by atoms with Gasteiger partial charge in [0.25, 0.3) is 10.0 Å². The summed E-state index contributed by atoms with van der Waals surface area (Å²) in [6, 6.07) is 13.1. The van der Waals surface area contributed by atoms with Gasteiger partial charge in [0.15, 0.2) is 0 Å². The van der Waals surface area contributed by atoms with E-state index in [1.807, 2.05) is 24.3 Å². The first kappa shape index (κ1) is 26.5. The third kappa shape index (κ3) is 5.67. The Morgan fingerprint density at radius 3 is 2.18 bits per heavy atom. The number of benzene rings is 2. The molecule has 4 saturated carbocycles. The molecule has 4 bridgehead atoms. The Morgan fingerprint density at radius 2 is 1.55 bits per heavy atom. The number of hydrogen-bond acceptors (Lipinski definition) is 4. The predicted molar refractivity (Wildman–Crippen MR) is 147 cm³/mol. The highest BCUT2D eigenvalue weighted by Crippen LogP contribution is 2.66. The Labute approximate surface area is 225 Å². The highest BCUT2D eigenvalue weighted by Gasteiger charge is 2.60. The SMILES string of the molecule is Cc1ccccc1S(=O)(=O)NC(=O)NCCc1ccc(NC(=O)NC23CC4C[C@@](C)(C2)C[C@@](C)(C4)C3)cc1. The van der Waals surface area contributed by atoms with Crippen molar-refractivity contribution in [1.82, 2.24) is 15.4 Å². The summed E-state index contributed by atoms with van der Waals surface area (Å²) in [6.45, 7) is 6.73. The molecule has 0 aliphatic heterocycles. The number of rotatable bonds is 7. The Bertz CT molecular complexity index is 1320. The summed E-state index contributed by atoms with van der Waals surface area (Å²) in [5.74, 6) is 0.707. The molecule has 4 aliphatic rings. The number of urea groups is 2. The maximum absolute atomic E-state index is 12.9. The lowest BCUT2D eigenvalue weighted by Crippen LogP contribution is -2.65. The highest BCUT2D eigenvalue weighted by molar-refractivity contribution is 7.90. The first-order valence-corrected chi connectivity index (χ1v) is 14.9. The fourth-order valence-corrected chi connectivity index (χ4v) is 9.31. The summed E-state index contributed by atoms with van der Waals surface area (Å²) in [5, 5.41) is 8.95. The van der Waals surface area contributed by atoms with Gasteiger partial charge in [0.05, 0.1) is 4.90 Å². The number of nitrogens with one attached hydrogen (secondary N) is 4. The molecule has 9 heteroatoms. The second-order valence-corrected chi connectivity index (χ2v) is 14.2. The van der Waals surface area contributed by atoms with E-state index >= 15 is 0 Å². The normalized spacial score (nSPS) is 29.5. The number of carbonyl (C=O) groups is 2. The number of hydrogen-bond donors (Lipinski definition) is 4. The first-order chi connectivity index (χ1) is 17.9. The van der Waals surface area contributed by atoms with Crippen LogP contribution in [0.1, 0.15) is 63.5 Å². The van der Waals surface area contributed by atoms with Gasteiger partial charge in [-0.1, -0.05) is 44.2 Å². The molecule has 0 radical (unpaired) electrons. The fourth-order valence-electron chi connectivity index (χ4n) is 8.14. The number of carbonyl (C=O) groups excluding carboxylic acids is 2. The van der Waals surface area contributed by atoms with Crippen molar-refractivity contribution in [3.8, 4) is 0 Å². The van der Waals surface area contributed by atoms with Crippen LogP contribution in [0.4, 0.5) is 15.3 Å². The van der Waals surface area contributed by atoms with Crippen molar-refractivity contribution in [3.05, 3.63) is 59.7 Å². The van der Waals surface area contributed by atoms with E-state index in [4.69, 9.17) is 0 Å². The average molecular weight is 539 g/mol. The zero-order valence-electron chi connectivity index (χ0n) is 22.4. The van der Waals surface area contributed by atoms with Gasteiger partial charge in [-0.25, -0.2) is 22.7 Å². The molecule has 8 nitrogen and oxygen atoms in total. The van der Waals surface area contributed by atoms with E-state index < -0.39 is 16.1 Å². The van der Waals surface area contributed by atoms with Crippen LogP contribution in [0.25, 0.3) is 0 Å². The van der Waals surface area contributed by atoms with Crippen molar-refractivity contribution >= 4 is 27.8 Å². The molecule has 4 N–H and O–H groups in total. The van der Waals surface area contributed by atoms with E-state index in [9.17, 15) is 18.0 Å². The molecule has 6 rings (SSSR count). The van der Waals surface area contributed by atoms with Crippen LogP contribution in [0.15, 0.2) is 53.4 Å². The summed E-state index contributed by atoms with van der Waals surface area (Å²) in [6.07, 6.45) is 7.56. The van der Waals surface area contributed by atoms with Crippen LogP contribution >= 0.6 is 0 Å². The second kappa shape index (κ2) is 9.59. The molecule has 0 heterocycles. The average Bonchev–Trinajstić information content (AvgIpc) is 2.77. The number of anilines is 1. The van der Waals surface area contributed by atoms with Crippen molar-refractivity contribution in [2.45, 2.75) is 76.2 Å². The fraction of sp³-hybridized carbons (Fsp3) is 0.517. The van der Waals surface area contributed by atoms with Crippen molar-refractivity contribution in [3.63, 3.8) is 0 Å². The van der Waals surface area contributed by atoms with Crippen LogP contribution in [0.5, 0.6) is 0 Å². The van der Waals surface area contributed by atoms with Gasteiger partial charge in [-0.3, -0.25) is 0 Å².